The van der Waals surface area contributed by atoms with Gasteiger partial charge in [0.1, 0.15) is 5.82 Å². The van der Waals surface area contributed by atoms with Crippen molar-refractivity contribution in [3.63, 3.8) is 0 Å². The molecule has 0 spiro atoms. The Morgan fingerprint density at radius 3 is 2.71 bits per heavy atom. The van der Waals surface area contributed by atoms with Crippen LogP contribution in [0.1, 0.15) is 16.5 Å². The van der Waals surface area contributed by atoms with E-state index in [9.17, 15) is 9.50 Å². The van der Waals surface area contributed by atoms with Gasteiger partial charge in [-0.15, -0.1) is 11.3 Å². The summed E-state index contributed by atoms with van der Waals surface area (Å²) in [4.78, 5) is 1.01. The minimum atomic E-state index is -0.837. The highest BCUT2D eigenvalue weighted by molar-refractivity contribution is 9.10. The third-order valence-electron chi connectivity index (χ3n) is 2.35. The van der Waals surface area contributed by atoms with Crippen molar-refractivity contribution in [2.75, 3.05) is 0 Å². The maximum atomic E-state index is 13.6. The van der Waals surface area contributed by atoms with Crippen molar-refractivity contribution in [3.8, 4) is 0 Å². The van der Waals surface area contributed by atoms with E-state index in [4.69, 9.17) is 0 Å². The highest BCUT2D eigenvalue weighted by atomic mass is 79.9. The number of aliphatic hydroxyl groups is 1. The number of hydrogen-bond donors (Lipinski definition) is 1. The number of benzene rings is 1. The molecule has 0 aliphatic heterocycles. The topological polar surface area (TPSA) is 20.2 Å². The van der Waals surface area contributed by atoms with Crippen molar-refractivity contribution in [3.05, 3.63) is 54.8 Å². The van der Waals surface area contributed by atoms with Crippen molar-refractivity contribution in [2.24, 2.45) is 0 Å². The standard InChI is InChI=1S/C12H9Br2FOS/c13-7-4-8(17-6-7)5-11(16)12-9(14)2-1-3-10(12)15/h1-4,6,11,16H,5H2. The summed E-state index contributed by atoms with van der Waals surface area (Å²) in [6.07, 6.45) is -0.424. The van der Waals surface area contributed by atoms with Crippen LogP contribution >= 0.6 is 43.2 Å². The number of rotatable bonds is 3. The Balaban J connectivity index is 2.22. The smallest absolute Gasteiger partial charge is 0.130 e. The van der Waals surface area contributed by atoms with Crippen LogP contribution in [0.3, 0.4) is 0 Å². The molecule has 0 bridgehead atoms. The van der Waals surface area contributed by atoms with Gasteiger partial charge in [-0.25, -0.2) is 4.39 Å². The summed E-state index contributed by atoms with van der Waals surface area (Å²) in [5.41, 5.74) is 0.317. The molecule has 1 nitrogen and oxygen atoms in total. The predicted molar refractivity (Wildman–Crippen MR) is 74.8 cm³/mol. The molecule has 0 amide bonds. The summed E-state index contributed by atoms with van der Waals surface area (Å²) in [7, 11) is 0. The summed E-state index contributed by atoms with van der Waals surface area (Å²) < 4.78 is 15.2. The van der Waals surface area contributed by atoms with E-state index >= 15 is 0 Å². The van der Waals surface area contributed by atoms with Crippen LogP contribution in [0.4, 0.5) is 4.39 Å². The second-order valence-electron chi connectivity index (χ2n) is 3.59. The van der Waals surface area contributed by atoms with Gasteiger partial charge in [0.2, 0.25) is 0 Å². The van der Waals surface area contributed by atoms with Gasteiger partial charge in [-0.3, -0.25) is 0 Å². The monoisotopic (exact) mass is 378 g/mol. The lowest BCUT2D eigenvalue weighted by molar-refractivity contribution is 0.173. The lowest BCUT2D eigenvalue weighted by Gasteiger charge is -2.12. The molecule has 5 heteroatoms. The first-order valence-electron chi connectivity index (χ1n) is 4.93. The molecule has 90 valence electrons. The molecule has 2 rings (SSSR count). The molecule has 0 aliphatic rings. The summed E-state index contributed by atoms with van der Waals surface area (Å²) >= 11 is 8.15. The maximum absolute atomic E-state index is 13.6. The third kappa shape index (κ3) is 3.16. The number of hydrogen-bond acceptors (Lipinski definition) is 2. The Labute approximate surface area is 120 Å². The van der Waals surface area contributed by atoms with Crippen LogP contribution in [0.5, 0.6) is 0 Å². The Hall–Kier alpha value is -0.230. The van der Waals surface area contributed by atoms with Crippen molar-refractivity contribution in [2.45, 2.75) is 12.5 Å². The molecule has 0 aliphatic carbocycles. The molecular weight excluding hydrogens is 371 g/mol. The van der Waals surface area contributed by atoms with Gasteiger partial charge in [-0.2, -0.15) is 0 Å². The van der Waals surface area contributed by atoms with E-state index in [-0.39, 0.29) is 5.82 Å². The van der Waals surface area contributed by atoms with Gasteiger partial charge < -0.3 is 5.11 Å². The van der Waals surface area contributed by atoms with E-state index in [1.165, 1.54) is 17.4 Å². The van der Waals surface area contributed by atoms with Gasteiger partial charge in [-0.1, -0.05) is 22.0 Å². The van der Waals surface area contributed by atoms with Gasteiger partial charge in [-0.05, 0) is 34.1 Å². The molecule has 0 saturated heterocycles. The van der Waals surface area contributed by atoms with Gasteiger partial charge in [0.25, 0.3) is 0 Å². The first-order valence-corrected chi connectivity index (χ1v) is 7.39. The summed E-state index contributed by atoms with van der Waals surface area (Å²) in [5.74, 6) is -0.387. The molecule has 0 saturated carbocycles. The summed E-state index contributed by atoms with van der Waals surface area (Å²) in [5, 5.41) is 12.0. The number of halogens is 3. The first kappa shape index (κ1) is 13.2. The molecule has 1 unspecified atom stereocenters. The van der Waals surface area contributed by atoms with Crippen LogP contribution in [0.25, 0.3) is 0 Å². The Bertz CT molecular complexity index is 507. The van der Waals surface area contributed by atoms with Crippen LogP contribution < -0.4 is 0 Å². The van der Waals surface area contributed by atoms with Crippen LogP contribution in [-0.2, 0) is 6.42 Å². The lowest BCUT2D eigenvalue weighted by atomic mass is 10.1. The normalized spacial score (nSPS) is 12.7. The van der Waals surface area contributed by atoms with Crippen LogP contribution in [-0.4, -0.2) is 5.11 Å². The van der Waals surface area contributed by atoms with E-state index in [0.717, 1.165) is 9.35 Å². The van der Waals surface area contributed by atoms with Crippen molar-refractivity contribution in [1.29, 1.82) is 0 Å². The zero-order chi connectivity index (χ0) is 12.4. The van der Waals surface area contributed by atoms with Gasteiger partial charge in [0.15, 0.2) is 0 Å². The highest BCUT2D eigenvalue weighted by Crippen LogP contribution is 2.30. The number of thiophene rings is 1. The summed E-state index contributed by atoms with van der Waals surface area (Å²) in [6, 6.07) is 6.62. The highest BCUT2D eigenvalue weighted by Gasteiger charge is 2.17. The molecule has 0 fully saturated rings. The fraction of sp³-hybridized carbons (Fsp3) is 0.167. The molecule has 1 aromatic heterocycles. The van der Waals surface area contributed by atoms with Gasteiger partial charge in [0, 0.05) is 31.2 Å². The Morgan fingerprint density at radius 2 is 2.12 bits per heavy atom. The molecule has 17 heavy (non-hydrogen) atoms. The van der Waals surface area contributed by atoms with Gasteiger partial charge in [0.05, 0.1) is 6.10 Å². The second-order valence-corrected chi connectivity index (χ2v) is 6.35. The average molecular weight is 380 g/mol. The molecule has 2 aromatic rings. The SMILES string of the molecule is OC(Cc1cc(Br)cs1)c1c(F)cccc1Br. The summed E-state index contributed by atoms with van der Waals surface area (Å²) in [6.45, 7) is 0. The van der Waals surface area contributed by atoms with E-state index in [1.807, 2.05) is 11.4 Å². The maximum Gasteiger partial charge on any atom is 0.130 e. The van der Waals surface area contributed by atoms with Crippen molar-refractivity contribution < 1.29 is 9.50 Å². The van der Waals surface area contributed by atoms with Crippen LogP contribution in [0, 0.1) is 5.82 Å². The fourth-order valence-corrected chi connectivity index (χ4v) is 3.68. The molecule has 1 N–H and O–H groups in total. The number of aliphatic hydroxyl groups excluding tert-OH is 1. The molecule has 1 aromatic carbocycles. The fourth-order valence-electron chi connectivity index (χ4n) is 1.58. The lowest BCUT2D eigenvalue weighted by Crippen LogP contribution is -2.04. The zero-order valence-electron chi connectivity index (χ0n) is 8.66. The minimum Gasteiger partial charge on any atom is -0.388 e. The Kier molecular flexibility index (Phi) is 4.36. The average Bonchev–Trinajstić information content (AvgIpc) is 2.63. The zero-order valence-corrected chi connectivity index (χ0v) is 12.6. The quantitative estimate of drug-likeness (QED) is 0.820. The van der Waals surface area contributed by atoms with Crippen LogP contribution in [0.15, 0.2) is 38.6 Å². The molecule has 1 heterocycles. The molecule has 0 radical (unpaired) electrons. The van der Waals surface area contributed by atoms with Crippen molar-refractivity contribution in [1.82, 2.24) is 0 Å². The van der Waals surface area contributed by atoms with E-state index in [0.29, 0.717) is 16.5 Å². The van der Waals surface area contributed by atoms with Crippen molar-refractivity contribution >= 4 is 43.2 Å². The second kappa shape index (κ2) is 5.61. The minimum absolute atomic E-state index is 0.317. The largest absolute Gasteiger partial charge is 0.388 e. The third-order valence-corrected chi connectivity index (χ3v) is 4.76. The van der Waals surface area contributed by atoms with Gasteiger partial charge >= 0.3 is 0 Å². The Morgan fingerprint density at radius 1 is 1.35 bits per heavy atom. The van der Waals surface area contributed by atoms with E-state index < -0.39 is 6.10 Å². The first-order chi connectivity index (χ1) is 8.08. The molecule has 1 atom stereocenters. The van der Waals surface area contributed by atoms with E-state index in [1.54, 1.807) is 12.1 Å². The molecular formula is C12H9Br2FOS. The van der Waals surface area contributed by atoms with Crippen LogP contribution in [0.2, 0.25) is 0 Å². The van der Waals surface area contributed by atoms with E-state index in [2.05, 4.69) is 31.9 Å². The predicted octanol–water partition coefficient (Wildman–Crippen LogP) is 4.69.